The third kappa shape index (κ3) is 9.75. The van der Waals surface area contributed by atoms with Gasteiger partial charge in [0.1, 0.15) is 23.9 Å². The number of carboxylic acid groups (broad SMARTS) is 1. The molecule has 1 aromatic carbocycles. The average Bonchev–Trinajstić information content (AvgIpc) is 2.81. The number of aliphatic carboxylic acids is 1. The molecule has 3 amide bonds. The van der Waals surface area contributed by atoms with Crippen molar-refractivity contribution < 1.29 is 29.4 Å². The van der Waals surface area contributed by atoms with Gasteiger partial charge in [0.05, 0.1) is 6.54 Å². The summed E-state index contributed by atoms with van der Waals surface area (Å²) >= 11 is 0. The van der Waals surface area contributed by atoms with Crippen molar-refractivity contribution in [2.75, 3.05) is 13.1 Å². The van der Waals surface area contributed by atoms with E-state index < -0.39 is 41.8 Å². The van der Waals surface area contributed by atoms with Gasteiger partial charge in [0.2, 0.25) is 17.7 Å². The molecule has 34 heavy (non-hydrogen) atoms. The van der Waals surface area contributed by atoms with Gasteiger partial charge in [0, 0.05) is 6.42 Å². The molecule has 9 N–H and O–H groups in total. The van der Waals surface area contributed by atoms with Gasteiger partial charge in [-0.05, 0) is 49.4 Å². The lowest BCUT2D eigenvalue weighted by Crippen LogP contribution is -2.57. The second-order valence-corrected chi connectivity index (χ2v) is 8.25. The van der Waals surface area contributed by atoms with Gasteiger partial charge in [0.25, 0.3) is 0 Å². The van der Waals surface area contributed by atoms with Crippen molar-refractivity contribution in [3.05, 3.63) is 29.8 Å². The molecule has 0 saturated carbocycles. The van der Waals surface area contributed by atoms with Crippen molar-refractivity contribution in [2.24, 2.45) is 17.4 Å². The van der Waals surface area contributed by atoms with Crippen LogP contribution in [0.3, 0.4) is 0 Å². The topological polar surface area (TPSA) is 197 Å². The fraction of sp³-hybridized carbons (Fsp3) is 0.565. The number of amides is 3. The van der Waals surface area contributed by atoms with Crippen LogP contribution in [0.5, 0.6) is 5.75 Å². The third-order valence-corrected chi connectivity index (χ3v) is 5.57. The number of phenols is 1. The molecule has 4 unspecified atom stereocenters. The summed E-state index contributed by atoms with van der Waals surface area (Å²) in [5.41, 5.74) is 11.5. The Kier molecular flexibility index (Phi) is 12.6. The molecule has 0 heterocycles. The van der Waals surface area contributed by atoms with E-state index in [1.165, 1.54) is 12.1 Å². The van der Waals surface area contributed by atoms with Crippen LogP contribution in [0.1, 0.15) is 45.1 Å². The van der Waals surface area contributed by atoms with Crippen LogP contribution in [0, 0.1) is 5.92 Å². The van der Waals surface area contributed by atoms with E-state index in [2.05, 4.69) is 16.0 Å². The van der Waals surface area contributed by atoms with Gasteiger partial charge < -0.3 is 37.6 Å². The predicted octanol–water partition coefficient (Wildman–Crippen LogP) is -0.392. The first kappa shape index (κ1) is 28.9. The molecule has 11 nitrogen and oxygen atoms in total. The molecular weight excluding hydrogens is 442 g/mol. The maximum absolute atomic E-state index is 13.1. The monoisotopic (exact) mass is 479 g/mol. The highest BCUT2D eigenvalue weighted by Crippen LogP contribution is 2.13. The van der Waals surface area contributed by atoms with Gasteiger partial charge in [-0.15, -0.1) is 0 Å². The molecule has 0 aliphatic heterocycles. The quantitative estimate of drug-likeness (QED) is 0.165. The summed E-state index contributed by atoms with van der Waals surface area (Å²) < 4.78 is 0. The van der Waals surface area contributed by atoms with Gasteiger partial charge in [-0.3, -0.25) is 14.4 Å². The summed E-state index contributed by atoms with van der Waals surface area (Å²) in [6.07, 6.45) is 2.09. The second-order valence-electron chi connectivity index (χ2n) is 8.25. The van der Waals surface area contributed by atoms with Crippen LogP contribution in [0.4, 0.5) is 0 Å². The number of hydrogen-bond acceptors (Lipinski definition) is 7. The van der Waals surface area contributed by atoms with Gasteiger partial charge in [-0.1, -0.05) is 32.4 Å². The maximum Gasteiger partial charge on any atom is 0.326 e. The zero-order valence-electron chi connectivity index (χ0n) is 19.8. The van der Waals surface area contributed by atoms with E-state index in [0.29, 0.717) is 37.8 Å². The summed E-state index contributed by atoms with van der Waals surface area (Å²) in [6, 6.07) is 2.91. The summed E-state index contributed by atoms with van der Waals surface area (Å²) in [4.78, 5) is 49.6. The predicted molar refractivity (Wildman–Crippen MR) is 127 cm³/mol. The highest BCUT2D eigenvalue weighted by Gasteiger charge is 2.31. The van der Waals surface area contributed by atoms with Crippen molar-refractivity contribution in [3.8, 4) is 5.75 Å². The highest BCUT2D eigenvalue weighted by atomic mass is 16.4. The number of benzene rings is 1. The number of aromatic hydroxyl groups is 1. The molecule has 0 saturated heterocycles. The van der Waals surface area contributed by atoms with Gasteiger partial charge in [-0.25, -0.2) is 4.79 Å². The molecule has 1 aromatic rings. The standard InChI is InChI=1S/C23H37N5O6/c1-3-14(2)20(23(33)34)28-22(32)18(12-15-7-9-16(29)10-8-15)27-21(31)17(6-4-5-11-24)26-19(30)13-25/h7-10,14,17-18,20,29H,3-6,11-13,24-25H2,1-2H3,(H,26,30)(H,27,31)(H,28,32)(H,33,34). The molecule has 11 heteroatoms. The Morgan fingerprint density at radius 3 is 2.09 bits per heavy atom. The smallest absolute Gasteiger partial charge is 0.326 e. The lowest BCUT2D eigenvalue weighted by atomic mass is 9.98. The molecule has 4 atom stereocenters. The summed E-state index contributed by atoms with van der Waals surface area (Å²) in [6.45, 7) is 3.65. The van der Waals surface area contributed by atoms with E-state index in [-0.39, 0.29) is 24.6 Å². The number of carbonyl (C=O) groups is 4. The number of unbranched alkanes of at least 4 members (excludes halogenated alkanes) is 1. The number of rotatable bonds is 15. The molecule has 1 rings (SSSR count). The SMILES string of the molecule is CCC(C)C(NC(=O)C(Cc1ccc(O)cc1)NC(=O)C(CCCCN)NC(=O)CN)C(=O)O. The first-order chi connectivity index (χ1) is 16.1. The number of carbonyl (C=O) groups excluding carboxylic acids is 3. The summed E-state index contributed by atoms with van der Waals surface area (Å²) in [7, 11) is 0. The molecular formula is C23H37N5O6. The second kappa shape index (κ2) is 14.9. The Morgan fingerprint density at radius 1 is 0.941 bits per heavy atom. The highest BCUT2D eigenvalue weighted by molar-refractivity contribution is 5.93. The van der Waals surface area contributed by atoms with E-state index in [4.69, 9.17) is 11.5 Å². The van der Waals surface area contributed by atoms with Gasteiger partial charge in [0.15, 0.2) is 0 Å². The zero-order valence-corrected chi connectivity index (χ0v) is 19.8. The van der Waals surface area contributed by atoms with E-state index in [1.54, 1.807) is 19.1 Å². The van der Waals surface area contributed by atoms with Crippen LogP contribution in [-0.4, -0.2) is 65.1 Å². The number of nitrogens with one attached hydrogen (secondary N) is 3. The lowest BCUT2D eigenvalue weighted by molar-refractivity contribution is -0.143. The first-order valence-electron chi connectivity index (χ1n) is 11.4. The van der Waals surface area contributed by atoms with Crippen molar-refractivity contribution in [1.29, 1.82) is 0 Å². The Bertz CT molecular complexity index is 817. The number of hydrogen-bond donors (Lipinski definition) is 7. The molecule has 0 fully saturated rings. The summed E-state index contributed by atoms with van der Waals surface area (Å²) in [5.74, 6) is -3.24. The molecule has 0 aliphatic carbocycles. The van der Waals surface area contributed by atoms with Crippen molar-refractivity contribution >= 4 is 23.7 Å². The number of nitrogens with two attached hydrogens (primary N) is 2. The van der Waals surface area contributed by atoms with E-state index in [1.807, 2.05) is 6.92 Å². The van der Waals surface area contributed by atoms with Gasteiger partial charge in [-0.2, -0.15) is 0 Å². The first-order valence-corrected chi connectivity index (χ1v) is 11.4. The minimum atomic E-state index is -1.17. The average molecular weight is 480 g/mol. The van der Waals surface area contributed by atoms with Crippen LogP contribution in [0.2, 0.25) is 0 Å². The van der Waals surface area contributed by atoms with Crippen LogP contribution < -0.4 is 27.4 Å². The molecule has 0 aliphatic rings. The Morgan fingerprint density at radius 2 is 1.56 bits per heavy atom. The fourth-order valence-corrected chi connectivity index (χ4v) is 3.30. The lowest BCUT2D eigenvalue weighted by Gasteiger charge is -2.26. The Balaban J connectivity index is 3.12. The number of carboxylic acids is 1. The molecule has 0 spiro atoms. The maximum atomic E-state index is 13.1. The van der Waals surface area contributed by atoms with Crippen LogP contribution in [0.25, 0.3) is 0 Å². The molecule has 190 valence electrons. The Labute approximate surface area is 199 Å². The van der Waals surface area contributed by atoms with Crippen LogP contribution in [0.15, 0.2) is 24.3 Å². The molecule has 0 radical (unpaired) electrons. The largest absolute Gasteiger partial charge is 0.508 e. The third-order valence-electron chi connectivity index (χ3n) is 5.57. The van der Waals surface area contributed by atoms with E-state index in [0.717, 1.165) is 0 Å². The van der Waals surface area contributed by atoms with E-state index in [9.17, 15) is 29.4 Å². The van der Waals surface area contributed by atoms with Crippen molar-refractivity contribution in [2.45, 2.75) is 64.1 Å². The fourth-order valence-electron chi connectivity index (χ4n) is 3.30. The normalized spacial score (nSPS) is 14.4. The molecule has 0 bridgehead atoms. The minimum absolute atomic E-state index is 0.0426. The van der Waals surface area contributed by atoms with Crippen molar-refractivity contribution in [1.82, 2.24) is 16.0 Å². The van der Waals surface area contributed by atoms with Gasteiger partial charge >= 0.3 is 5.97 Å². The zero-order chi connectivity index (χ0) is 25.7. The van der Waals surface area contributed by atoms with Crippen molar-refractivity contribution in [3.63, 3.8) is 0 Å². The van der Waals surface area contributed by atoms with Crippen LogP contribution in [-0.2, 0) is 25.6 Å². The van der Waals surface area contributed by atoms with E-state index >= 15 is 0 Å². The number of phenolic OH excluding ortho intramolecular Hbond substituents is 1. The Hall–Kier alpha value is -3.18. The molecule has 0 aromatic heterocycles. The minimum Gasteiger partial charge on any atom is -0.508 e. The summed E-state index contributed by atoms with van der Waals surface area (Å²) in [5, 5.41) is 26.8. The van der Waals surface area contributed by atoms with Crippen LogP contribution >= 0.6 is 0 Å².